The van der Waals surface area contributed by atoms with Crippen molar-refractivity contribution >= 4 is 34.2 Å². The monoisotopic (exact) mass is 515 g/mol. The molecule has 0 aliphatic carbocycles. The van der Waals surface area contributed by atoms with Crippen molar-refractivity contribution in [3.8, 4) is 17.4 Å². The Balaban J connectivity index is 1.41. The van der Waals surface area contributed by atoms with Crippen LogP contribution in [0.3, 0.4) is 0 Å². The Hall–Kier alpha value is -4.99. The van der Waals surface area contributed by atoms with Gasteiger partial charge in [0.1, 0.15) is 23.6 Å². The van der Waals surface area contributed by atoms with Gasteiger partial charge in [-0.15, -0.1) is 0 Å². The first-order chi connectivity index (χ1) is 18.4. The molecule has 0 radical (unpaired) electrons. The number of methoxy groups -OCH3 is 1. The van der Waals surface area contributed by atoms with Gasteiger partial charge in [0.25, 0.3) is 0 Å². The first-order valence-corrected chi connectivity index (χ1v) is 11.8. The van der Waals surface area contributed by atoms with E-state index in [9.17, 15) is 14.0 Å². The number of carbonyl (C=O) groups excluding carboxylic acids is 2. The van der Waals surface area contributed by atoms with Crippen LogP contribution >= 0.6 is 0 Å². The van der Waals surface area contributed by atoms with E-state index in [4.69, 9.17) is 9.47 Å². The summed E-state index contributed by atoms with van der Waals surface area (Å²) >= 11 is 0. The van der Waals surface area contributed by atoms with E-state index in [1.54, 1.807) is 61.5 Å². The molecule has 4 aromatic rings. The fraction of sp³-hybridized carbons (Fsp3) is 0.143. The van der Waals surface area contributed by atoms with Crippen molar-refractivity contribution in [3.05, 3.63) is 90.5 Å². The number of allylic oxidation sites excluding steroid dienone is 1. The number of nitrogens with one attached hydrogen (secondary N) is 3. The number of amides is 3. The largest absolute Gasteiger partial charge is 0.494 e. The van der Waals surface area contributed by atoms with Gasteiger partial charge >= 0.3 is 6.03 Å². The zero-order chi connectivity index (χ0) is 26.9. The van der Waals surface area contributed by atoms with Crippen molar-refractivity contribution in [1.82, 2.24) is 15.3 Å². The van der Waals surface area contributed by atoms with E-state index in [1.807, 2.05) is 0 Å². The van der Waals surface area contributed by atoms with Gasteiger partial charge in [0.15, 0.2) is 0 Å². The van der Waals surface area contributed by atoms with E-state index in [1.165, 1.54) is 31.6 Å². The number of fused-ring (bicyclic) bond motifs is 1. The fourth-order valence-electron chi connectivity index (χ4n) is 3.64. The quantitative estimate of drug-likeness (QED) is 0.256. The SMILES string of the molecule is C/C=C/C(=O)Nc1cc2c(Oc3ccc(NC(=O)NCCc4cccc(F)c4)cc3)ncnc2cc1OC. The number of ether oxygens (including phenoxy) is 2. The number of anilines is 2. The predicted molar refractivity (Wildman–Crippen MR) is 143 cm³/mol. The minimum atomic E-state index is -0.377. The number of rotatable bonds is 9. The zero-order valence-corrected chi connectivity index (χ0v) is 20.8. The van der Waals surface area contributed by atoms with Crippen LogP contribution < -0.4 is 25.4 Å². The van der Waals surface area contributed by atoms with Crippen molar-refractivity contribution < 1.29 is 23.5 Å². The van der Waals surface area contributed by atoms with Gasteiger partial charge in [0, 0.05) is 18.3 Å². The highest BCUT2D eigenvalue weighted by Gasteiger charge is 2.13. The highest BCUT2D eigenvalue weighted by atomic mass is 19.1. The number of urea groups is 1. The molecule has 0 atom stereocenters. The number of halogens is 1. The Kier molecular flexibility index (Phi) is 8.45. The molecule has 10 heteroatoms. The third kappa shape index (κ3) is 6.82. The number of hydrogen-bond acceptors (Lipinski definition) is 6. The minimum Gasteiger partial charge on any atom is -0.494 e. The normalized spacial score (nSPS) is 10.8. The van der Waals surface area contributed by atoms with Gasteiger partial charge in [-0.05, 0) is 67.4 Å². The fourth-order valence-corrected chi connectivity index (χ4v) is 3.64. The number of benzene rings is 3. The summed E-state index contributed by atoms with van der Waals surface area (Å²) in [7, 11) is 1.51. The summed E-state index contributed by atoms with van der Waals surface area (Å²) in [5.41, 5.74) is 2.39. The lowest BCUT2D eigenvalue weighted by Crippen LogP contribution is -2.30. The Labute approximate surface area is 218 Å². The molecule has 3 aromatic carbocycles. The van der Waals surface area contributed by atoms with E-state index < -0.39 is 0 Å². The van der Waals surface area contributed by atoms with Gasteiger partial charge in [-0.25, -0.2) is 19.2 Å². The summed E-state index contributed by atoms with van der Waals surface area (Å²) in [5.74, 6) is 0.614. The molecule has 3 N–H and O–H groups in total. The molecular formula is C28H26FN5O4. The van der Waals surface area contributed by atoms with Crippen molar-refractivity contribution in [3.63, 3.8) is 0 Å². The summed E-state index contributed by atoms with van der Waals surface area (Å²) in [4.78, 5) is 32.8. The van der Waals surface area contributed by atoms with Crippen LogP contribution in [0.4, 0.5) is 20.6 Å². The van der Waals surface area contributed by atoms with Gasteiger partial charge in [-0.3, -0.25) is 4.79 Å². The molecule has 0 fully saturated rings. The lowest BCUT2D eigenvalue weighted by atomic mass is 10.1. The molecular weight excluding hydrogens is 489 g/mol. The van der Waals surface area contributed by atoms with Crippen LogP contribution in [0.15, 0.2) is 79.1 Å². The molecule has 4 rings (SSSR count). The maximum absolute atomic E-state index is 13.3. The molecule has 0 saturated carbocycles. The van der Waals surface area contributed by atoms with Gasteiger partial charge in [0.2, 0.25) is 11.8 Å². The molecule has 0 spiro atoms. The van der Waals surface area contributed by atoms with Crippen LogP contribution in [0, 0.1) is 5.82 Å². The Morgan fingerprint density at radius 2 is 1.84 bits per heavy atom. The third-order valence-electron chi connectivity index (χ3n) is 5.41. The highest BCUT2D eigenvalue weighted by molar-refractivity contribution is 6.02. The second-order valence-corrected chi connectivity index (χ2v) is 8.12. The van der Waals surface area contributed by atoms with Crippen molar-refractivity contribution in [2.24, 2.45) is 0 Å². The first-order valence-electron chi connectivity index (χ1n) is 11.8. The molecule has 9 nitrogen and oxygen atoms in total. The van der Waals surface area contributed by atoms with E-state index in [0.717, 1.165) is 5.56 Å². The summed E-state index contributed by atoms with van der Waals surface area (Å²) in [6.07, 6.45) is 4.93. The van der Waals surface area contributed by atoms with Crippen molar-refractivity contribution in [2.45, 2.75) is 13.3 Å². The molecule has 0 aliphatic heterocycles. The van der Waals surface area contributed by atoms with Gasteiger partial charge in [-0.2, -0.15) is 0 Å². The van der Waals surface area contributed by atoms with Crippen molar-refractivity contribution in [2.75, 3.05) is 24.3 Å². The summed E-state index contributed by atoms with van der Waals surface area (Å²) in [6, 6.07) is 16.0. The molecule has 0 aliphatic rings. The highest BCUT2D eigenvalue weighted by Crippen LogP contribution is 2.34. The molecule has 0 saturated heterocycles. The topological polar surface area (TPSA) is 114 Å². The Bertz CT molecular complexity index is 1470. The van der Waals surface area contributed by atoms with Crippen LogP contribution in [-0.2, 0) is 11.2 Å². The van der Waals surface area contributed by atoms with Crippen LogP contribution in [0.1, 0.15) is 12.5 Å². The molecule has 0 bridgehead atoms. The lowest BCUT2D eigenvalue weighted by Gasteiger charge is -2.13. The lowest BCUT2D eigenvalue weighted by molar-refractivity contribution is -0.111. The predicted octanol–water partition coefficient (Wildman–Crippen LogP) is 5.45. The Morgan fingerprint density at radius 1 is 1.03 bits per heavy atom. The van der Waals surface area contributed by atoms with Crippen LogP contribution in [0.5, 0.6) is 17.4 Å². The number of nitrogens with zero attached hydrogens (tertiary/aromatic N) is 2. The third-order valence-corrected chi connectivity index (χ3v) is 5.41. The van der Waals surface area contributed by atoms with Crippen molar-refractivity contribution in [1.29, 1.82) is 0 Å². The zero-order valence-electron chi connectivity index (χ0n) is 20.8. The van der Waals surface area contributed by atoms with E-state index in [-0.39, 0.29) is 23.6 Å². The van der Waals surface area contributed by atoms with E-state index in [2.05, 4.69) is 25.9 Å². The second-order valence-electron chi connectivity index (χ2n) is 8.12. The van der Waals surface area contributed by atoms with Gasteiger partial charge < -0.3 is 25.4 Å². The maximum atomic E-state index is 13.3. The molecule has 194 valence electrons. The minimum absolute atomic E-state index is 0.287. The van der Waals surface area contributed by atoms with Gasteiger partial charge in [0.05, 0.1) is 23.7 Å². The van der Waals surface area contributed by atoms with Gasteiger partial charge in [-0.1, -0.05) is 18.2 Å². The Morgan fingerprint density at radius 3 is 2.58 bits per heavy atom. The standard InChI is InChI=1S/C28H26FN5O4/c1-3-5-26(35)34-24-15-22-23(16-25(24)37-2)31-17-32-27(22)38-21-10-8-20(9-11-21)33-28(36)30-13-12-18-6-4-7-19(29)14-18/h3-11,14-17H,12-13H2,1-2H3,(H,34,35)(H2,30,33,36)/b5-3+. The number of carbonyl (C=O) groups is 2. The molecule has 1 aromatic heterocycles. The summed E-state index contributed by atoms with van der Waals surface area (Å²) in [6.45, 7) is 2.11. The average molecular weight is 516 g/mol. The smallest absolute Gasteiger partial charge is 0.319 e. The van der Waals surface area contributed by atoms with E-state index in [0.29, 0.717) is 46.7 Å². The molecule has 0 unspecified atom stereocenters. The van der Waals surface area contributed by atoms with Crippen LogP contribution in [-0.4, -0.2) is 35.6 Å². The first kappa shape index (κ1) is 26.1. The molecule has 3 amide bonds. The molecule has 38 heavy (non-hydrogen) atoms. The number of hydrogen-bond donors (Lipinski definition) is 3. The van der Waals surface area contributed by atoms with Crippen LogP contribution in [0.2, 0.25) is 0 Å². The van der Waals surface area contributed by atoms with E-state index >= 15 is 0 Å². The number of aromatic nitrogens is 2. The summed E-state index contributed by atoms with van der Waals surface area (Å²) < 4.78 is 24.6. The summed E-state index contributed by atoms with van der Waals surface area (Å²) in [5, 5.41) is 8.83. The molecule has 1 heterocycles. The average Bonchev–Trinajstić information content (AvgIpc) is 2.90. The maximum Gasteiger partial charge on any atom is 0.319 e. The van der Waals surface area contributed by atoms with Crippen LogP contribution in [0.25, 0.3) is 10.9 Å². The second kappa shape index (κ2) is 12.3.